The fraction of sp³-hybridized carbons (Fsp3) is 0.250. The average Bonchev–Trinajstić information content (AvgIpc) is 2.76. The molecule has 1 amide bonds. The summed E-state index contributed by atoms with van der Waals surface area (Å²) in [5.74, 6) is 0.319. The van der Waals surface area contributed by atoms with Crippen molar-refractivity contribution in [1.29, 1.82) is 0 Å². The van der Waals surface area contributed by atoms with Gasteiger partial charge in [-0.3, -0.25) is 4.79 Å². The molecular formula is C12H13N3OS2. The minimum absolute atomic E-state index is 0.0308. The van der Waals surface area contributed by atoms with Crippen molar-refractivity contribution in [3.63, 3.8) is 0 Å². The van der Waals surface area contributed by atoms with Gasteiger partial charge in [0.1, 0.15) is 5.01 Å². The number of benzene rings is 1. The molecule has 0 spiro atoms. The molecule has 0 atom stereocenters. The Labute approximate surface area is 114 Å². The molecular weight excluding hydrogens is 266 g/mol. The molecule has 2 aromatic rings. The molecule has 94 valence electrons. The number of nitrogens with one attached hydrogen (secondary N) is 1. The van der Waals surface area contributed by atoms with Gasteiger partial charge in [0.25, 0.3) is 0 Å². The highest BCUT2D eigenvalue weighted by Gasteiger charge is 2.06. The Balaban J connectivity index is 1.83. The number of aryl methyl sites for hydroxylation is 2. The second-order valence-corrected chi connectivity index (χ2v) is 6.19. The van der Waals surface area contributed by atoms with Crippen molar-refractivity contribution in [3.8, 4) is 0 Å². The number of carbonyl (C=O) groups is 1. The summed E-state index contributed by atoms with van der Waals surface area (Å²) in [5, 5.41) is 11.6. The zero-order valence-electron chi connectivity index (χ0n) is 10.1. The molecule has 1 heterocycles. The van der Waals surface area contributed by atoms with Crippen molar-refractivity contribution in [3.05, 3.63) is 34.8 Å². The van der Waals surface area contributed by atoms with Crippen molar-refractivity contribution in [1.82, 2.24) is 10.2 Å². The minimum atomic E-state index is -0.0308. The van der Waals surface area contributed by atoms with Crippen LogP contribution in [-0.2, 0) is 4.79 Å². The van der Waals surface area contributed by atoms with Gasteiger partial charge in [-0.1, -0.05) is 40.8 Å². The lowest BCUT2D eigenvalue weighted by atomic mass is 10.2. The Hall–Kier alpha value is -1.40. The van der Waals surface area contributed by atoms with Crippen LogP contribution in [0, 0.1) is 13.8 Å². The van der Waals surface area contributed by atoms with Crippen LogP contribution in [0.3, 0.4) is 0 Å². The molecule has 6 heteroatoms. The molecule has 0 fully saturated rings. The van der Waals surface area contributed by atoms with Gasteiger partial charge in [0.05, 0.1) is 5.75 Å². The number of nitrogens with zero attached hydrogens (tertiary/aromatic N) is 2. The van der Waals surface area contributed by atoms with Crippen LogP contribution in [-0.4, -0.2) is 21.9 Å². The summed E-state index contributed by atoms with van der Waals surface area (Å²) < 4.78 is 0.826. The third-order valence-electron chi connectivity index (χ3n) is 2.17. The van der Waals surface area contributed by atoms with Crippen LogP contribution in [0.4, 0.5) is 5.69 Å². The molecule has 2 rings (SSSR count). The summed E-state index contributed by atoms with van der Waals surface area (Å²) in [6.07, 6.45) is 0. The van der Waals surface area contributed by atoms with Crippen LogP contribution in [0.2, 0.25) is 0 Å². The third kappa shape index (κ3) is 3.82. The molecule has 0 aliphatic carbocycles. The Kier molecular flexibility index (Phi) is 4.33. The molecule has 0 bridgehead atoms. The maximum absolute atomic E-state index is 11.7. The summed E-state index contributed by atoms with van der Waals surface area (Å²) in [6.45, 7) is 3.91. The monoisotopic (exact) mass is 279 g/mol. The van der Waals surface area contributed by atoms with E-state index in [1.165, 1.54) is 28.7 Å². The topological polar surface area (TPSA) is 54.9 Å². The average molecular weight is 279 g/mol. The summed E-state index contributed by atoms with van der Waals surface area (Å²) in [6, 6.07) is 7.73. The molecule has 4 nitrogen and oxygen atoms in total. The predicted molar refractivity (Wildman–Crippen MR) is 75.2 cm³/mol. The van der Waals surface area contributed by atoms with E-state index in [0.29, 0.717) is 5.75 Å². The Morgan fingerprint density at radius 1 is 1.28 bits per heavy atom. The van der Waals surface area contributed by atoms with Crippen LogP contribution in [0.5, 0.6) is 0 Å². The van der Waals surface area contributed by atoms with Crippen molar-refractivity contribution in [2.24, 2.45) is 0 Å². The first kappa shape index (κ1) is 13.0. The number of hydrogen-bond donors (Lipinski definition) is 1. The molecule has 0 radical (unpaired) electrons. The quantitative estimate of drug-likeness (QED) is 0.874. The van der Waals surface area contributed by atoms with Crippen LogP contribution < -0.4 is 5.32 Å². The maximum Gasteiger partial charge on any atom is 0.234 e. The lowest BCUT2D eigenvalue weighted by molar-refractivity contribution is -0.113. The molecule has 18 heavy (non-hydrogen) atoms. The second kappa shape index (κ2) is 5.97. The Morgan fingerprint density at radius 2 is 2.00 bits per heavy atom. The van der Waals surface area contributed by atoms with Crippen molar-refractivity contribution >= 4 is 34.7 Å². The van der Waals surface area contributed by atoms with E-state index in [4.69, 9.17) is 0 Å². The molecule has 0 unspecified atom stereocenters. The van der Waals surface area contributed by atoms with Crippen LogP contribution in [0.15, 0.2) is 28.6 Å². The fourth-order valence-electron chi connectivity index (χ4n) is 1.30. The number of anilines is 1. The molecule has 1 N–H and O–H groups in total. The van der Waals surface area contributed by atoms with Crippen LogP contribution in [0.1, 0.15) is 10.6 Å². The number of hydrogen-bond acceptors (Lipinski definition) is 5. The highest BCUT2D eigenvalue weighted by Crippen LogP contribution is 2.21. The van der Waals surface area contributed by atoms with Gasteiger partial charge in [0.15, 0.2) is 4.34 Å². The van der Waals surface area contributed by atoms with E-state index in [9.17, 15) is 4.79 Å². The van der Waals surface area contributed by atoms with Crippen molar-refractivity contribution in [2.45, 2.75) is 18.2 Å². The molecule has 0 aliphatic rings. The normalized spacial score (nSPS) is 10.3. The highest BCUT2D eigenvalue weighted by atomic mass is 32.2. The summed E-state index contributed by atoms with van der Waals surface area (Å²) >= 11 is 2.90. The summed E-state index contributed by atoms with van der Waals surface area (Å²) in [7, 11) is 0. The largest absolute Gasteiger partial charge is 0.325 e. The highest BCUT2D eigenvalue weighted by molar-refractivity contribution is 8.01. The van der Waals surface area contributed by atoms with E-state index in [2.05, 4.69) is 15.5 Å². The number of aromatic nitrogens is 2. The minimum Gasteiger partial charge on any atom is -0.325 e. The Morgan fingerprint density at radius 3 is 2.61 bits per heavy atom. The molecule has 1 aromatic heterocycles. The predicted octanol–water partition coefficient (Wildman–Crippen LogP) is 2.89. The smallest absolute Gasteiger partial charge is 0.234 e. The van der Waals surface area contributed by atoms with Gasteiger partial charge in [-0.2, -0.15) is 0 Å². The van der Waals surface area contributed by atoms with Gasteiger partial charge in [0, 0.05) is 5.69 Å². The van der Waals surface area contributed by atoms with Gasteiger partial charge < -0.3 is 5.32 Å². The van der Waals surface area contributed by atoms with E-state index < -0.39 is 0 Å². The van der Waals surface area contributed by atoms with Gasteiger partial charge >= 0.3 is 0 Å². The van der Waals surface area contributed by atoms with E-state index >= 15 is 0 Å². The fourth-order valence-corrected chi connectivity index (χ4v) is 2.91. The summed E-state index contributed by atoms with van der Waals surface area (Å²) in [5.41, 5.74) is 1.99. The van der Waals surface area contributed by atoms with E-state index in [-0.39, 0.29) is 5.91 Å². The first-order chi connectivity index (χ1) is 8.63. The van der Waals surface area contributed by atoms with Gasteiger partial charge in [0.2, 0.25) is 5.91 Å². The molecule has 0 saturated heterocycles. The number of amides is 1. The van der Waals surface area contributed by atoms with E-state index in [0.717, 1.165) is 15.0 Å². The molecule has 1 aromatic carbocycles. The summed E-state index contributed by atoms with van der Waals surface area (Å²) in [4.78, 5) is 11.7. The van der Waals surface area contributed by atoms with E-state index in [1.54, 1.807) is 0 Å². The standard InChI is InChI=1S/C12H13N3OS2/c1-8-3-5-10(6-4-8)13-11(16)7-17-12-15-14-9(2)18-12/h3-6H,7H2,1-2H3,(H,13,16). The maximum atomic E-state index is 11.7. The molecule has 0 aliphatic heterocycles. The lowest BCUT2D eigenvalue weighted by Gasteiger charge is -2.04. The van der Waals surface area contributed by atoms with Crippen molar-refractivity contribution < 1.29 is 4.79 Å². The number of thioether (sulfide) groups is 1. The zero-order valence-corrected chi connectivity index (χ0v) is 11.8. The SMILES string of the molecule is Cc1ccc(NC(=O)CSc2nnc(C)s2)cc1. The van der Waals surface area contributed by atoms with Crippen molar-refractivity contribution in [2.75, 3.05) is 11.1 Å². The third-order valence-corrected chi connectivity index (χ3v) is 4.14. The van der Waals surface area contributed by atoms with E-state index in [1.807, 2.05) is 38.1 Å². The second-order valence-electron chi connectivity index (χ2n) is 3.79. The number of rotatable bonds is 4. The first-order valence-electron chi connectivity index (χ1n) is 5.43. The van der Waals surface area contributed by atoms with Crippen LogP contribution in [0.25, 0.3) is 0 Å². The Bertz CT molecular complexity index is 537. The van der Waals surface area contributed by atoms with Gasteiger partial charge in [-0.15, -0.1) is 10.2 Å². The number of carbonyl (C=O) groups excluding carboxylic acids is 1. The van der Waals surface area contributed by atoms with Gasteiger partial charge in [-0.25, -0.2) is 0 Å². The van der Waals surface area contributed by atoms with Gasteiger partial charge in [-0.05, 0) is 26.0 Å². The molecule has 0 saturated carbocycles. The zero-order chi connectivity index (χ0) is 13.0. The van der Waals surface area contributed by atoms with Crippen LogP contribution >= 0.6 is 23.1 Å². The first-order valence-corrected chi connectivity index (χ1v) is 7.23. The lowest BCUT2D eigenvalue weighted by Crippen LogP contribution is -2.13.